The molecule has 0 radical (unpaired) electrons. The van der Waals surface area contributed by atoms with Gasteiger partial charge >= 0.3 is 5.97 Å². The van der Waals surface area contributed by atoms with Crippen LogP contribution in [0.4, 0.5) is 5.69 Å². The molecule has 0 fully saturated rings. The molecule has 28 heavy (non-hydrogen) atoms. The summed E-state index contributed by atoms with van der Waals surface area (Å²) in [5.74, 6) is 1.05. The van der Waals surface area contributed by atoms with Crippen LogP contribution in [0.3, 0.4) is 0 Å². The Kier molecular flexibility index (Phi) is 6.76. The van der Waals surface area contributed by atoms with E-state index in [1.807, 2.05) is 42.5 Å². The standard InChI is InChI=1S/C22H20ClNO4/c23-20-4-1-2-5-21(20)28-19-12-8-17(9-13-19)24-14-3-15-27-18-10-6-16(7-11-18)22(25)26/h1-2,4-13,24H,3,14-15H2,(H,25,26). The molecule has 0 aliphatic carbocycles. The van der Waals surface area contributed by atoms with Gasteiger partial charge in [0.15, 0.2) is 0 Å². The van der Waals surface area contributed by atoms with Crippen LogP contribution in [0.15, 0.2) is 72.8 Å². The van der Waals surface area contributed by atoms with Crippen molar-refractivity contribution in [3.63, 3.8) is 0 Å². The summed E-state index contributed by atoms with van der Waals surface area (Å²) in [6.07, 6.45) is 0.804. The number of rotatable bonds is 9. The van der Waals surface area contributed by atoms with Crippen molar-refractivity contribution in [2.75, 3.05) is 18.5 Å². The minimum Gasteiger partial charge on any atom is -0.494 e. The van der Waals surface area contributed by atoms with Gasteiger partial charge in [-0.15, -0.1) is 0 Å². The molecule has 0 saturated heterocycles. The normalized spacial score (nSPS) is 10.3. The predicted octanol–water partition coefficient (Wildman–Crippen LogP) is 5.71. The molecule has 6 heteroatoms. The van der Waals surface area contributed by atoms with Crippen LogP contribution in [-0.2, 0) is 0 Å². The van der Waals surface area contributed by atoms with Crippen LogP contribution in [0.1, 0.15) is 16.8 Å². The lowest BCUT2D eigenvalue weighted by Crippen LogP contribution is -2.07. The lowest BCUT2D eigenvalue weighted by Gasteiger charge is -2.10. The van der Waals surface area contributed by atoms with Crippen molar-refractivity contribution >= 4 is 23.3 Å². The molecule has 3 aromatic carbocycles. The highest BCUT2D eigenvalue weighted by Gasteiger charge is 2.03. The Bertz CT molecular complexity index is 911. The highest BCUT2D eigenvalue weighted by molar-refractivity contribution is 6.32. The van der Waals surface area contributed by atoms with E-state index in [0.717, 1.165) is 18.7 Å². The van der Waals surface area contributed by atoms with Gasteiger partial charge in [-0.3, -0.25) is 0 Å². The van der Waals surface area contributed by atoms with Gasteiger partial charge in [-0.25, -0.2) is 4.79 Å². The first-order valence-corrected chi connectivity index (χ1v) is 9.22. The van der Waals surface area contributed by atoms with Gasteiger partial charge < -0.3 is 19.9 Å². The fourth-order valence-corrected chi connectivity index (χ4v) is 2.66. The number of para-hydroxylation sites is 1. The minimum atomic E-state index is -0.945. The van der Waals surface area contributed by atoms with Crippen molar-refractivity contribution in [2.24, 2.45) is 0 Å². The second-order valence-corrected chi connectivity index (χ2v) is 6.42. The summed E-state index contributed by atoms with van der Waals surface area (Å²) in [5, 5.41) is 12.8. The van der Waals surface area contributed by atoms with E-state index in [4.69, 9.17) is 26.2 Å². The fourth-order valence-electron chi connectivity index (χ4n) is 2.48. The van der Waals surface area contributed by atoms with Crippen molar-refractivity contribution in [1.82, 2.24) is 0 Å². The van der Waals surface area contributed by atoms with Gasteiger partial charge in [0.2, 0.25) is 0 Å². The van der Waals surface area contributed by atoms with Crippen molar-refractivity contribution in [3.05, 3.63) is 83.4 Å². The molecule has 0 aliphatic rings. The van der Waals surface area contributed by atoms with Crippen molar-refractivity contribution in [2.45, 2.75) is 6.42 Å². The number of halogens is 1. The van der Waals surface area contributed by atoms with Gasteiger partial charge in [0.25, 0.3) is 0 Å². The number of aromatic carboxylic acids is 1. The first-order valence-electron chi connectivity index (χ1n) is 8.84. The fraction of sp³-hybridized carbons (Fsp3) is 0.136. The average molecular weight is 398 g/mol. The Morgan fingerprint density at radius 2 is 1.61 bits per heavy atom. The highest BCUT2D eigenvalue weighted by Crippen LogP contribution is 2.29. The first-order chi connectivity index (χ1) is 13.6. The number of benzene rings is 3. The van der Waals surface area contributed by atoms with E-state index < -0.39 is 5.97 Å². The molecular formula is C22H20ClNO4. The molecule has 3 rings (SSSR count). The van der Waals surface area contributed by atoms with Crippen LogP contribution in [0, 0.1) is 0 Å². The average Bonchev–Trinajstić information content (AvgIpc) is 2.71. The SMILES string of the molecule is O=C(O)c1ccc(OCCCNc2ccc(Oc3ccccc3Cl)cc2)cc1. The molecule has 3 aromatic rings. The zero-order chi connectivity index (χ0) is 19.8. The second-order valence-electron chi connectivity index (χ2n) is 6.02. The van der Waals surface area contributed by atoms with Gasteiger partial charge in [-0.2, -0.15) is 0 Å². The van der Waals surface area contributed by atoms with Gasteiger partial charge in [0.05, 0.1) is 17.2 Å². The van der Waals surface area contributed by atoms with E-state index in [1.54, 1.807) is 18.2 Å². The molecule has 2 N–H and O–H groups in total. The first kappa shape index (κ1) is 19.6. The van der Waals surface area contributed by atoms with E-state index >= 15 is 0 Å². The number of hydrogen-bond acceptors (Lipinski definition) is 4. The van der Waals surface area contributed by atoms with Crippen LogP contribution < -0.4 is 14.8 Å². The molecule has 0 aliphatic heterocycles. The van der Waals surface area contributed by atoms with Crippen molar-refractivity contribution < 1.29 is 19.4 Å². The zero-order valence-corrected chi connectivity index (χ0v) is 15.9. The Hall–Kier alpha value is -3.18. The van der Waals surface area contributed by atoms with E-state index in [1.165, 1.54) is 12.1 Å². The third-order valence-corrected chi connectivity index (χ3v) is 4.25. The monoisotopic (exact) mass is 397 g/mol. The van der Waals surface area contributed by atoms with Crippen molar-refractivity contribution in [1.29, 1.82) is 0 Å². The lowest BCUT2D eigenvalue weighted by molar-refractivity contribution is 0.0697. The Labute approximate surface area is 168 Å². The Balaban J connectivity index is 1.39. The van der Waals surface area contributed by atoms with Crippen LogP contribution in [0.2, 0.25) is 5.02 Å². The Morgan fingerprint density at radius 1 is 0.929 bits per heavy atom. The molecule has 0 unspecified atom stereocenters. The maximum Gasteiger partial charge on any atom is 0.335 e. The largest absolute Gasteiger partial charge is 0.494 e. The molecular weight excluding hydrogens is 378 g/mol. The summed E-state index contributed by atoms with van der Waals surface area (Å²) in [6, 6.07) is 21.4. The highest BCUT2D eigenvalue weighted by atomic mass is 35.5. The summed E-state index contributed by atoms with van der Waals surface area (Å²) in [7, 11) is 0. The number of hydrogen-bond donors (Lipinski definition) is 2. The molecule has 5 nitrogen and oxygen atoms in total. The maximum atomic E-state index is 10.8. The van der Waals surface area contributed by atoms with Crippen LogP contribution in [0.5, 0.6) is 17.2 Å². The van der Waals surface area contributed by atoms with Gasteiger partial charge in [-0.1, -0.05) is 23.7 Å². The smallest absolute Gasteiger partial charge is 0.335 e. The molecule has 0 spiro atoms. The summed E-state index contributed by atoms with van der Waals surface area (Å²) in [5.41, 5.74) is 1.23. The number of carboxylic acid groups (broad SMARTS) is 1. The zero-order valence-electron chi connectivity index (χ0n) is 15.1. The molecule has 0 amide bonds. The third kappa shape index (κ3) is 5.66. The van der Waals surface area contributed by atoms with E-state index in [0.29, 0.717) is 28.9 Å². The number of nitrogens with one attached hydrogen (secondary N) is 1. The number of carboxylic acids is 1. The quantitative estimate of drug-likeness (QED) is 0.452. The van der Waals surface area contributed by atoms with E-state index in [2.05, 4.69) is 5.32 Å². The van der Waals surface area contributed by atoms with Gasteiger partial charge in [-0.05, 0) is 67.1 Å². The molecule has 0 bridgehead atoms. The van der Waals surface area contributed by atoms with Crippen LogP contribution in [0.25, 0.3) is 0 Å². The summed E-state index contributed by atoms with van der Waals surface area (Å²) in [4.78, 5) is 10.8. The van der Waals surface area contributed by atoms with E-state index in [-0.39, 0.29) is 5.56 Å². The number of anilines is 1. The second kappa shape index (κ2) is 9.67. The molecule has 144 valence electrons. The number of carbonyl (C=O) groups is 1. The molecule has 0 heterocycles. The summed E-state index contributed by atoms with van der Waals surface area (Å²) < 4.78 is 11.4. The lowest BCUT2D eigenvalue weighted by atomic mass is 10.2. The third-order valence-electron chi connectivity index (χ3n) is 3.94. The predicted molar refractivity (Wildman–Crippen MR) is 110 cm³/mol. The Morgan fingerprint density at radius 3 is 2.29 bits per heavy atom. The van der Waals surface area contributed by atoms with Crippen LogP contribution in [-0.4, -0.2) is 24.2 Å². The van der Waals surface area contributed by atoms with Gasteiger partial charge in [0.1, 0.15) is 17.2 Å². The molecule has 0 atom stereocenters. The van der Waals surface area contributed by atoms with E-state index in [9.17, 15) is 4.79 Å². The summed E-state index contributed by atoms with van der Waals surface area (Å²) in [6.45, 7) is 1.28. The van der Waals surface area contributed by atoms with Crippen LogP contribution >= 0.6 is 11.6 Å². The maximum absolute atomic E-state index is 10.8. The van der Waals surface area contributed by atoms with Crippen molar-refractivity contribution in [3.8, 4) is 17.2 Å². The minimum absolute atomic E-state index is 0.246. The topological polar surface area (TPSA) is 67.8 Å². The molecule has 0 aromatic heterocycles. The molecule has 0 saturated carbocycles. The van der Waals surface area contributed by atoms with Gasteiger partial charge in [0, 0.05) is 12.2 Å². The summed E-state index contributed by atoms with van der Waals surface area (Å²) >= 11 is 6.09. The number of ether oxygens (including phenoxy) is 2.